The van der Waals surface area contributed by atoms with E-state index in [1.165, 1.54) is 0 Å². The van der Waals surface area contributed by atoms with Crippen LogP contribution in [-0.4, -0.2) is 43.3 Å². The number of hydrogen-bond acceptors (Lipinski definition) is 4. The fourth-order valence-corrected chi connectivity index (χ4v) is 2.30. The molecule has 0 atom stereocenters. The highest BCUT2D eigenvalue weighted by Crippen LogP contribution is 2.23. The second-order valence-electron chi connectivity index (χ2n) is 4.69. The van der Waals surface area contributed by atoms with Crippen molar-refractivity contribution < 1.29 is 9.53 Å². The molecule has 0 aromatic rings. The first-order valence-electron chi connectivity index (χ1n) is 6.14. The van der Waals surface area contributed by atoms with Crippen LogP contribution in [0.15, 0.2) is 0 Å². The van der Waals surface area contributed by atoms with E-state index in [9.17, 15) is 4.79 Å². The van der Waals surface area contributed by atoms with Gasteiger partial charge in [-0.15, -0.1) is 0 Å². The topological polar surface area (TPSA) is 67.6 Å². The van der Waals surface area contributed by atoms with Gasteiger partial charge in [-0.2, -0.15) is 0 Å². The summed E-state index contributed by atoms with van der Waals surface area (Å²) >= 11 is 0. The number of amides is 1. The minimum Gasteiger partial charge on any atom is -0.379 e. The van der Waals surface area contributed by atoms with Crippen LogP contribution in [0.3, 0.4) is 0 Å². The normalized spacial score (nSPS) is 32.3. The molecule has 3 N–H and O–H groups in total. The van der Waals surface area contributed by atoms with Gasteiger partial charge in [-0.3, -0.25) is 10.2 Å². The largest absolute Gasteiger partial charge is 0.379 e. The smallest absolute Gasteiger partial charge is 0.237 e. The zero-order valence-corrected chi connectivity index (χ0v) is 9.65. The van der Waals surface area contributed by atoms with Crippen LogP contribution in [0.4, 0.5) is 0 Å². The van der Waals surface area contributed by atoms with E-state index >= 15 is 0 Å². The van der Waals surface area contributed by atoms with Crippen molar-refractivity contribution in [1.29, 1.82) is 0 Å². The molecule has 0 aromatic carbocycles. The first kappa shape index (κ1) is 11.8. The van der Waals surface area contributed by atoms with E-state index in [-0.39, 0.29) is 11.8 Å². The van der Waals surface area contributed by atoms with Gasteiger partial charge in [-0.25, -0.2) is 5.01 Å². The van der Waals surface area contributed by atoms with Gasteiger partial charge in [0.05, 0.1) is 13.2 Å². The van der Waals surface area contributed by atoms with Gasteiger partial charge in [-0.05, 0) is 25.7 Å². The lowest BCUT2D eigenvalue weighted by Crippen LogP contribution is -2.50. The molecule has 0 bridgehead atoms. The molecule has 1 saturated heterocycles. The van der Waals surface area contributed by atoms with Crippen LogP contribution in [0.2, 0.25) is 0 Å². The highest BCUT2D eigenvalue weighted by molar-refractivity contribution is 5.78. The van der Waals surface area contributed by atoms with E-state index < -0.39 is 0 Å². The first-order chi connectivity index (χ1) is 7.75. The van der Waals surface area contributed by atoms with E-state index in [2.05, 4.69) is 5.43 Å². The van der Waals surface area contributed by atoms with Crippen LogP contribution in [-0.2, 0) is 9.53 Å². The molecule has 1 aliphatic carbocycles. The van der Waals surface area contributed by atoms with Crippen LogP contribution in [0.5, 0.6) is 0 Å². The number of nitrogens with two attached hydrogens (primary N) is 1. The molecule has 1 saturated carbocycles. The van der Waals surface area contributed by atoms with Crippen LogP contribution >= 0.6 is 0 Å². The SMILES string of the molecule is NC1CCC(C(=O)NN2CCOCC2)CC1. The quantitative estimate of drug-likeness (QED) is 0.689. The molecule has 92 valence electrons. The number of hydrazine groups is 1. The highest BCUT2D eigenvalue weighted by Gasteiger charge is 2.25. The summed E-state index contributed by atoms with van der Waals surface area (Å²) in [6, 6.07) is 0.299. The predicted molar refractivity (Wildman–Crippen MR) is 60.5 cm³/mol. The molecule has 1 heterocycles. The molecule has 0 radical (unpaired) electrons. The second kappa shape index (κ2) is 5.61. The standard InChI is InChI=1S/C11H21N3O2/c12-10-3-1-9(2-4-10)11(15)13-14-5-7-16-8-6-14/h9-10H,1-8,12H2,(H,13,15). The predicted octanol–water partition coefficient (Wildman–Crippen LogP) is -0.133. The Balaban J connectivity index is 1.74. The Bertz CT molecular complexity index is 233. The molecule has 5 heteroatoms. The van der Waals surface area contributed by atoms with Crippen molar-refractivity contribution >= 4 is 5.91 Å². The van der Waals surface area contributed by atoms with E-state index in [0.717, 1.165) is 38.8 Å². The van der Waals surface area contributed by atoms with Gasteiger partial charge >= 0.3 is 0 Å². The summed E-state index contributed by atoms with van der Waals surface area (Å²) in [4.78, 5) is 11.9. The Morgan fingerprint density at radius 3 is 2.44 bits per heavy atom. The second-order valence-corrected chi connectivity index (χ2v) is 4.69. The van der Waals surface area contributed by atoms with Crippen molar-refractivity contribution in [3.8, 4) is 0 Å². The van der Waals surface area contributed by atoms with Crippen LogP contribution in [0, 0.1) is 5.92 Å². The minimum atomic E-state index is 0.155. The summed E-state index contributed by atoms with van der Waals surface area (Å²) in [5.74, 6) is 0.316. The van der Waals surface area contributed by atoms with Crippen LogP contribution in [0.25, 0.3) is 0 Å². The summed E-state index contributed by atoms with van der Waals surface area (Å²) in [5, 5.41) is 1.96. The van der Waals surface area contributed by atoms with Crippen molar-refractivity contribution in [2.75, 3.05) is 26.3 Å². The van der Waals surface area contributed by atoms with E-state index in [1.807, 2.05) is 5.01 Å². The van der Waals surface area contributed by atoms with Gasteiger partial charge in [0.1, 0.15) is 0 Å². The number of nitrogens with one attached hydrogen (secondary N) is 1. The fraction of sp³-hybridized carbons (Fsp3) is 0.909. The lowest BCUT2D eigenvalue weighted by Gasteiger charge is -2.31. The Hall–Kier alpha value is -0.650. The van der Waals surface area contributed by atoms with Crippen molar-refractivity contribution in [1.82, 2.24) is 10.4 Å². The maximum Gasteiger partial charge on any atom is 0.237 e. The van der Waals surface area contributed by atoms with Gasteiger partial charge in [-0.1, -0.05) is 0 Å². The van der Waals surface area contributed by atoms with Crippen LogP contribution in [0.1, 0.15) is 25.7 Å². The zero-order valence-electron chi connectivity index (χ0n) is 9.65. The lowest BCUT2D eigenvalue weighted by atomic mass is 9.86. The first-order valence-corrected chi connectivity index (χ1v) is 6.14. The lowest BCUT2D eigenvalue weighted by molar-refractivity contribution is -0.133. The number of rotatable bonds is 2. The Labute approximate surface area is 96.3 Å². The molecule has 0 unspecified atom stereocenters. The number of nitrogens with zero attached hydrogens (tertiary/aromatic N) is 1. The van der Waals surface area contributed by atoms with E-state index in [1.54, 1.807) is 0 Å². The summed E-state index contributed by atoms with van der Waals surface area (Å²) < 4.78 is 5.23. The maximum atomic E-state index is 11.9. The average Bonchev–Trinajstić information content (AvgIpc) is 2.31. The Kier molecular flexibility index (Phi) is 4.15. The molecular weight excluding hydrogens is 206 g/mol. The fourth-order valence-electron chi connectivity index (χ4n) is 2.30. The molecular formula is C11H21N3O2. The number of morpholine rings is 1. The summed E-state index contributed by atoms with van der Waals surface area (Å²) in [6.07, 6.45) is 3.80. The molecule has 0 aromatic heterocycles. The van der Waals surface area contributed by atoms with E-state index in [4.69, 9.17) is 10.5 Å². The van der Waals surface area contributed by atoms with Gasteiger partial charge in [0.25, 0.3) is 0 Å². The maximum absolute atomic E-state index is 11.9. The third-order valence-electron chi connectivity index (χ3n) is 3.42. The Morgan fingerprint density at radius 2 is 1.81 bits per heavy atom. The van der Waals surface area contributed by atoms with Gasteiger partial charge in [0, 0.05) is 25.0 Å². The van der Waals surface area contributed by atoms with Gasteiger partial charge < -0.3 is 10.5 Å². The molecule has 2 aliphatic rings. The number of carbonyl (C=O) groups is 1. The monoisotopic (exact) mass is 227 g/mol. The third-order valence-corrected chi connectivity index (χ3v) is 3.42. The summed E-state index contributed by atoms with van der Waals surface area (Å²) in [5.41, 5.74) is 8.80. The average molecular weight is 227 g/mol. The molecule has 5 nitrogen and oxygen atoms in total. The Morgan fingerprint density at radius 1 is 1.19 bits per heavy atom. The summed E-state index contributed by atoms with van der Waals surface area (Å²) in [6.45, 7) is 2.99. The molecule has 2 fully saturated rings. The molecule has 1 amide bonds. The molecule has 0 spiro atoms. The number of carbonyl (C=O) groups excluding carboxylic acids is 1. The number of ether oxygens (including phenoxy) is 1. The van der Waals surface area contributed by atoms with Crippen molar-refractivity contribution in [2.45, 2.75) is 31.7 Å². The number of hydrogen-bond donors (Lipinski definition) is 2. The van der Waals surface area contributed by atoms with Crippen molar-refractivity contribution in [2.24, 2.45) is 11.7 Å². The molecule has 16 heavy (non-hydrogen) atoms. The van der Waals surface area contributed by atoms with Crippen LogP contribution < -0.4 is 11.2 Å². The molecule has 2 rings (SSSR count). The van der Waals surface area contributed by atoms with Gasteiger partial charge in [0.15, 0.2) is 0 Å². The van der Waals surface area contributed by atoms with Crippen molar-refractivity contribution in [3.63, 3.8) is 0 Å². The third kappa shape index (κ3) is 3.17. The van der Waals surface area contributed by atoms with Gasteiger partial charge in [0.2, 0.25) is 5.91 Å². The zero-order chi connectivity index (χ0) is 11.4. The molecule has 1 aliphatic heterocycles. The summed E-state index contributed by atoms with van der Waals surface area (Å²) in [7, 11) is 0. The highest BCUT2D eigenvalue weighted by atomic mass is 16.5. The van der Waals surface area contributed by atoms with Crippen molar-refractivity contribution in [3.05, 3.63) is 0 Å². The minimum absolute atomic E-state index is 0.155. The van der Waals surface area contributed by atoms with E-state index in [0.29, 0.717) is 19.3 Å².